The summed E-state index contributed by atoms with van der Waals surface area (Å²) >= 11 is 0. The molecule has 0 spiro atoms. The second-order valence-corrected chi connectivity index (χ2v) is 8.78. The molecular weight excluding hydrogens is 406 g/mol. The molecule has 2 N–H and O–H groups in total. The van der Waals surface area contributed by atoms with Crippen LogP contribution in [0.5, 0.6) is 17.2 Å². The minimum absolute atomic E-state index is 0.0376. The van der Waals surface area contributed by atoms with Crippen molar-refractivity contribution in [1.82, 2.24) is 0 Å². The standard InChI is InChI=1S/C26H23NO5/c1-14(28)27-23-20(32-16-11-9-15(10-12-16)26(2,3)4)13-19(29)21-22(23)25(31)18-8-6-5-7-17(18)24(21)30/h5-13,29H,1-4H3,(H,27,28). The van der Waals surface area contributed by atoms with Crippen LogP contribution in [0.3, 0.4) is 0 Å². The van der Waals surface area contributed by atoms with Crippen molar-refractivity contribution in [1.29, 1.82) is 0 Å². The van der Waals surface area contributed by atoms with Crippen molar-refractivity contribution in [2.45, 2.75) is 33.1 Å². The van der Waals surface area contributed by atoms with Gasteiger partial charge in [0.15, 0.2) is 17.3 Å². The van der Waals surface area contributed by atoms with Gasteiger partial charge in [0.1, 0.15) is 11.5 Å². The molecule has 6 heteroatoms. The Hall–Kier alpha value is -3.93. The lowest BCUT2D eigenvalue weighted by atomic mass is 9.82. The lowest BCUT2D eigenvalue weighted by molar-refractivity contribution is -0.114. The molecule has 162 valence electrons. The Morgan fingerprint density at radius 1 is 0.906 bits per heavy atom. The Kier molecular flexibility index (Phi) is 5.09. The molecule has 32 heavy (non-hydrogen) atoms. The Bertz CT molecular complexity index is 1270. The second-order valence-electron chi connectivity index (χ2n) is 8.78. The lowest BCUT2D eigenvalue weighted by Gasteiger charge is -2.23. The number of carbonyl (C=O) groups is 3. The number of hydrogen-bond donors (Lipinski definition) is 2. The fourth-order valence-corrected chi connectivity index (χ4v) is 3.78. The van der Waals surface area contributed by atoms with Crippen molar-refractivity contribution in [3.05, 3.63) is 82.4 Å². The molecule has 0 atom stereocenters. The van der Waals surface area contributed by atoms with E-state index in [4.69, 9.17) is 4.74 Å². The van der Waals surface area contributed by atoms with Crippen LogP contribution in [0.4, 0.5) is 5.69 Å². The SMILES string of the molecule is CC(=O)Nc1c(Oc2ccc(C(C)(C)C)cc2)cc(O)c2c1C(=O)c1ccccc1C2=O. The van der Waals surface area contributed by atoms with E-state index in [1.165, 1.54) is 19.1 Å². The molecule has 0 radical (unpaired) electrons. The molecule has 1 amide bonds. The number of aromatic hydroxyl groups is 1. The van der Waals surface area contributed by atoms with Crippen LogP contribution >= 0.6 is 0 Å². The zero-order chi connectivity index (χ0) is 23.2. The molecule has 0 saturated heterocycles. The van der Waals surface area contributed by atoms with E-state index >= 15 is 0 Å². The number of ether oxygens (including phenoxy) is 1. The Labute approximate surface area is 185 Å². The maximum atomic E-state index is 13.3. The highest BCUT2D eigenvalue weighted by molar-refractivity contribution is 6.31. The van der Waals surface area contributed by atoms with Gasteiger partial charge in [-0.1, -0.05) is 57.2 Å². The van der Waals surface area contributed by atoms with Gasteiger partial charge >= 0.3 is 0 Å². The summed E-state index contributed by atoms with van der Waals surface area (Å²) in [6.45, 7) is 7.59. The van der Waals surface area contributed by atoms with E-state index in [0.29, 0.717) is 5.75 Å². The number of ketones is 2. The molecule has 0 fully saturated rings. The number of phenolic OH excluding ortho intramolecular Hbond substituents is 1. The third-order valence-electron chi connectivity index (χ3n) is 5.39. The van der Waals surface area contributed by atoms with Gasteiger partial charge in [-0.05, 0) is 23.1 Å². The number of amides is 1. The highest BCUT2D eigenvalue weighted by Gasteiger charge is 2.36. The van der Waals surface area contributed by atoms with E-state index in [-0.39, 0.29) is 44.9 Å². The predicted molar refractivity (Wildman–Crippen MR) is 121 cm³/mol. The van der Waals surface area contributed by atoms with Crippen molar-refractivity contribution < 1.29 is 24.2 Å². The quantitative estimate of drug-likeness (QED) is 0.436. The number of hydrogen-bond acceptors (Lipinski definition) is 5. The number of carbonyl (C=O) groups excluding carboxylic acids is 3. The molecule has 1 aliphatic rings. The zero-order valence-corrected chi connectivity index (χ0v) is 18.3. The molecule has 3 aromatic rings. The minimum atomic E-state index is -0.486. The number of rotatable bonds is 3. The maximum Gasteiger partial charge on any atom is 0.221 e. The summed E-state index contributed by atoms with van der Waals surface area (Å²) in [6.07, 6.45) is 0. The van der Waals surface area contributed by atoms with Gasteiger partial charge in [0, 0.05) is 24.1 Å². The summed E-state index contributed by atoms with van der Waals surface area (Å²) in [6, 6.07) is 15.1. The van der Waals surface area contributed by atoms with E-state index < -0.39 is 17.5 Å². The first-order valence-corrected chi connectivity index (χ1v) is 10.2. The molecule has 6 nitrogen and oxygen atoms in total. The predicted octanol–water partition coefficient (Wildman–Crippen LogP) is 5.22. The molecular formula is C26H23NO5. The molecule has 3 aromatic carbocycles. The minimum Gasteiger partial charge on any atom is -0.507 e. The smallest absolute Gasteiger partial charge is 0.221 e. The van der Waals surface area contributed by atoms with Crippen molar-refractivity contribution in [2.75, 3.05) is 5.32 Å². The Balaban J connectivity index is 1.86. The third-order valence-corrected chi connectivity index (χ3v) is 5.39. The summed E-state index contributed by atoms with van der Waals surface area (Å²) < 4.78 is 5.96. The Morgan fingerprint density at radius 3 is 2.00 bits per heavy atom. The lowest BCUT2D eigenvalue weighted by Crippen LogP contribution is -2.24. The van der Waals surface area contributed by atoms with Crippen LogP contribution in [0.15, 0.2) is 54.6 Å². The number of nitrogens with one attached hydrogen (secondary N) is 1. The monoisotopic (exact) mass is 429 g/mol. The van der Waals surface area contributed by atoms with Crippen LogP contribution < -0.4 is 10.1 Å². The van der Waals surface area contributed by atoms with Gasteiger partial charge in [0.25, 0.3) is 0 Å². The zero-order valence-electron chi connectivity index (χ0n) is 18.3. The number of benzene rings is 3. The van der Waals surface area contributed by atoms with Crippen molar-refractivity contribution in [3.63, 3.8) is 0 Å². The van der Waals surface area contributed by atoms with Crippen molar-refractivity contribution >= 4 is 23.2 Å². The van der Waals surface area contributed by atoms with Gasteiger partial charge in [-0.25, -0.2) is 0 Å². The average molecular weight is 429 g/mol. The fraction of sp³-hybridized carbons (Fsp3) is 0.192. The number of anilines is 1. The van der Waals surface area contributed by atoms with E-state index in [0.717, 1.165) is 5.56 Å². The highest BCUT2D eigenvalue weighted by atomic mass is 16.5. The van der Waals surface area contributed by atoms with E-state index in [2.05, 4.69) is 26.1 Å². The average Bonchev–Trinajstić information content (AvgIpc) is 2.73. The largest absolute Gasteiger partial charge is 0.507 e. The highest BCUT2D eigenvalue weighted by Crippen LogP contribution is 2.44. The molecule has 1 aliphatic carbocycles. The molecule has 0 heterocycles. The molecule has 0 unspecified atom stereocenters. The van der Waals surface area contributed by atoms with Gasteiger partial charge in [-0.15, -0.1) is 0 Å². The van der Waals surface area contributed by atoms with Gasteiger partial charge in [0.2, 0.25) is 5.91 Å². The fourth-order valence-electron chi connectivity index (χ4n) is 3.78. The first kappa shape index (κ1) is 21.3. The second kappa shape index (κ2) is 7.64. The van der Waals surface area contributed by atoms with E-state index in [9.17, 15) is 19.5 Å². The summed E-state index contributed by atoms with van der Waals surface area (Å²) in [5.41, 5.74) is 1.32. The third kappa shape index (κ3) is 3.64. The van der Waals surface area contributed by atoms with Crippen LogP contribution in [0.1, 0.15) is 65.1 Å². The molecule has 0 aromatic heterocycles. The van der Waals surface area contributed by atoms with E-state index in [1.54, 1.807) is 30.3 Å². The van der Waals surface area contributed by atoms with Crippen LogP contribution in [0.25, 0.3) is 0 Å². The maximum absolute atomic E-state index is 13.3. The van der Waals surface area contributed by atoms with Gasteiger partial charge in [-0.2, -0.15) is 0 Å². The summed E-state index contributed by atoms with van der Waals surface area (Å²) in [7, 11) is 0. The number of fused-ring (bicyclic) bond motifs is 2. The first-order chi connectivity index (χ1) is 15.1. The van der Waals surface area contributed by atoms with Gasteiger partial charge in [0.05, 0.1) is 16.8 Å². The summed E-state index contributed by atoms with van der Waals surface area (Å²) in [4.78, 5) is 38.3. The Morgan fingerprint density at radius 2 is 1.47 bits per heavy atom. The summed E-state index contributed by atoms with van der Waals surface area (Å²) in [5, 5.41) is 13.3. The molecule has 0 bridgehead atoms. The van der Waals surface area contributed by atoms with Gasteiger partial charge < -0.3 is 15.2 Å². The van der Waals surface area contributed by atoms with Crippen molar-refractivity contribution in [3.8, 4) is 17.2 Å². The van der Waals surface area contributed by atoms with Crippen LogP contribution in [-0.4, -0.2) is 22.6 Å². The van der Waals surface area contributed by atoms with Gasteiger partial charge in [-0.3, -0.25) is 14.4 Å². The topological polar surface area (TPSA) is 92.7 Å². The first-order valence-electron chi connectivity index (χ1n) is 10.2. The van der Waals surface area contributed by atoms with Crippen LogP contribution in [0, 0.1) is 0 Å². The molecule has 4 rings (SSSR count). The normalized spacial score (nSPS) is 12.8. The molecule has 0 aliphatic heterocycles. The van der Waals surface area contributed by atoms with Crippen molar-refractivity contribution in [2.24, 2.45) is 0 Å². The van der Waals surface area contributed by atoms with Crippen LogP contribution in [0.2, 0.25) is 0 Å². The molecule has 0 saturated carbocycles. The van der Waals surface area contributed by atoms with Crippen LogP contribution in [-0.2, 0) is 10.2 Å². The summed E-state index contributed by atoms with van der Waals surface area (Å²) in [5.74, 6) is -1.25. The van der Waals surface area contributed by atoms with E-state index in [1.807, 2.05) is 12.1 Å². The number of phenols is 1.